The molecule has 0 aliphatic carbocycles. The molecule has 1 aliphatic heterocycles. The lowest BCUT2D eigenvalue weighted by Gasteiger charge is -2.36. The van der Waals surface area contributed by atoms with Gasteiger partial charge in [0.1, 0.15) is 0 Å². The number of hydrogen-bond acceptors (Lipinski definition) is 2. The van der Waals surface area contributed by atoms with Gasteiger partial charge < -0.3 is 15.1 Å². The van der Waals surface area contributed by atoms with Gasteiger partial charge in [0.05, 0.1) is 11.6 Å². The molecule has 1 aliphatic rings. The van der Waals surface area contributed by atoms with Crippen molar-refractivity contribution in [3.63, 3.8) is 0 Å². The van der Waals surface area contributed by atoms with E-state index in [1.54, 1.807) is 17.9 Å². The third kappa shape index (κ3) is 4.72. The predicted molar refractivity (Wildman–Crippen MR) is 98.6 cm³/mol. The molecule has 1 heterocycles. The van der Waals surface area contributed by atoms with E-state index in [2.05, 4.69) is 10.2 Å². The maximum Gasteiger partial charge on any atom is 0.416 e. The summed E-state index contributed by atoms with van der Waals surface area (Å²) in [5.41, 5.74) is 0.841. The number of benzene rings is 2. The van der Waals surface area contributed by atoms with E-state index >= 15 is 0 Å². The molecule has 1 atom stereocenters. The van der Waals surface area contributed by atoms with Gasteiger partial charge in [-0.05, 0) is 36.8 Å². The summed E-state index contributed by atoms with van der Waals surface area (Å²) in [6.45, 7) is 4.25. The van der Waals surface area contributed by atoms with Gasteiger partial charge in [-0.1, -0.05) is 30.3 Å². The minimum absolute atomic E-state index is 0.257. The lowest BCUT2D eigenvalue weighted by Crippen LogP contribution is -2.52. The molecule has 0 aromatic heterocycles. The number of alkyl halides is 3. The molecular formula is C20H22F3N3O. The third-order valence-electron chi connectivity index (χ3n) is 4.74. The summed E-state index contributed by atoms with van der Waals surface area (Å²) in [5.74, 6) is 0. The monoisotopic (exact) mass is 377 g/mol. The first-order valence-corrected chi connectivity index (χ1v) is 8.87. The Morgan fingerprint density at radius 2 is 1.67 bits per heavy atom. The van der Waals surface area contributed by atoms with Crippen molar-refractivity contribution < 1.29 is 18.0 Å². The highest BCUT2D eigenvalue weighted by molar-refractivity contribution is 5.75. The van der Waals surface area contributed by atoms with Crippen molar-refractivity contribution in [1.29, 1.82) is 0 Å². The number of hydrogen-bond donors (Lipinski definition) is 1. The fourth-order valence-electron chi connectivity index (χ4n) is 3.15. The molecular weight excluding hydrogens is 355 g/mol. The second-order valence-corrected chi connectivity index (χ2v) is 6.60. The van der Waals surface area contributed by atoms with Crippen LogP contribution in [0.25, 0.3) is 0 Å². The highest BCUT2D eigenvalue weighted by Gasteiger charge is 2.31. The molecule has 0 spiro atoms. The van der Waals surface area contributed by atoms with Crippen molar-refractivity contribution >= 4 is 11.7 Å². The van der Waals surface area contributed by atoms with E-state index in [4.69, 9.17) is 0 Å². The number of piperazine rings is 1. The van der Waals surface area contributed by atoms with Gasteiger partial charge in [-0.15, -0.1) is 0 Å². The van der Waals surface area contributed by atoms with E-state index in [1.807, 2.05) is 30.3 Å². The summed E-state index contributed by atoms with van der Waals surface area (Å²) in [6, 6.07) is 14.3. The lowest BCUT2D eigenvalue weighted by molar-refractivity contribution is -0.137. The number of rotatable bonds is 3. The molecule has 27 heavy (non-hydrogen) atoms. The molecule has 0 bridgehead atoms. The van der Waals surface area contributed by atoms with Crippen LogP contribution >= 0.6 is 0 Å². The number of halogens is 3. The Bertz CT molecular complexity index is 772. The minimum Gasteiger partial charge on any atom is -0.368 e. The molecule has 1 saturated heterocycles. The van der Waals surface area contributed by atoms with E-state index < -0.39 is 17.8 Å². The Morgan fingerprint density at radius 1 is 1.00 bits per heavy atom. The Hall–Kier alpha value is -2.70. The fourth-order valence-corrected chi connectivity index (χ4v) is 3.15. The van der Waals surface area contributed by atoms with Crippen LogP contribution in [0.4, 0.5) is 23.7 Å². The van der Waals surface area contributed by atoms with Crippen molar-refractivity contribution in [2.45, 2.75) is 19.1 Å². The second kappa shape index (κ2) is 7.90. The van der Waals surface area contributed by atoms with Crippen LogP contribution in [-0.4, -0.2) is 37.1 Å². The number of para-hydroxylation sites is 1. The Labute approximate surface area is 156 Å². The van der Waals surface area contributed by atoms with Gasteiger partial charge in [-0.2, -0.15) is 13.2 Å². The van der Waals surface area contributed by atoms with Crippen LogP contribution in [0, 0.1) is 0 Å². The van der Waals surface area contributed by atoms with Gasteiger partial charge in [0.25, 0.3) is 0 Å². The molecule has 1 unspecified atom stereocenters. The molecule has 2 aromatic carbocycles. The summed E-state index contributed by atoms with van der Waals surface area (Å²) in [5, 5.41) is 2.80. The number of carbonyl (C=O) groups excluding carboxylic acids is 1. The van der Waals surface area contributed by atoms with Crippen LogP contribution in [0.5, 0.6) is 0 Å². The molecule has 0 saturated carbocycles. The summed E-state index contributed by atoms with van der Waals surface area (Å²) >= 11 is 0. The Balaban J connectivity index is 1.57. The van der Waals surface area contributed by atoms with Crippen LogP contribution in [0.1, 0.15) is 24.1 Å². The van der Waals surface area contributed by atoms with Gasteiger partial charge in [0.2, 0.25) is 0 Å². The standard InChI is InChI=1S/C20H22F3N3O/c1-15(16-6-5-7-17(14-16)20(21,22)23)24-19(27)26-12-10-25(11-13-26)18-8-3-2-4-9-18/h2-9,14-15H,10-13H2,1H3,(H,24,27). The van der Waals surface area contributed by atoms with Gasteiger partial charge in [-0.25, -0.2) is 4.79 Å². The first kappa shape index (κ1) is 19.1. The van der Waals surface area contributed by atoms with Crippen LogP contribution < -0.4 is 10.2 Å². The minimum atomic E-state index is -4.40. The van der Waals surface area contributed by atoms with Crippen molar-refractivity contribution in [2.75, 3.05) is 31.1 Å². The smallest absolute Gasteiger partial charge is 0.368 e. The fraction of sp³-hybridized carbons (Fsp3) is 0.350. The number of anilines is 1. The third-order valence-corrected chi connectivity index (χ3v) is 4.74. The lowest BCUT2D eigenvalue weighted by atomic mass is 10.1. The molecule has 2 aromatic rings. The van der Waals surface area contributed by atoms with Gasteiger partial charge >= 0.3 is 12.2 Å². The molecule has 4 nitrogen and oxygen atoms in total. The Morgan fingerprint density at radius 3 is 2.30 bits per heavy atom. The van der Waals surface area contributed by atoms with Crippen molar-refractivity contribution in [3.05, 3.63) is 65.7 Å². The van der Waals surface area contributed by atoms with Crippen LogP contribution in [0.3, 0.4) is 0 Å². The number of nitrogens with zero attached hydrogens (tertiary/aromatic N) is 2. The largest absolute Gasteiger partial charge is 0.416 e. The quantitative estimate of drug-likeness (QED) is 0.866. The van der Waals surface area contributed by atoms with E-state index in [0.29, 0.717) is 18.7 Å². The zero-order chi connectivity index (χ0) is 19.4. The topological polar surface area (TPSA) is 35.6 Å². The van der Waals surface area contributed by atoms with Crippen molar-refractivity contribution in [3.8, 4) is 0 Å². The van der Waals surface area contributed by atoms with E-state index in [-0.39, 0.29) is 6.03 Å². The van der Waals surface area contributed by atoms with E-state index in [1.165, 1.54) is 6.07 Å². The highest BCUT2D eigenvalue weighted by Crippen LogP contribution is 2.30. The summed E-state index contributed by atoms with van der Waals surface area (Å²) in [7, 11) is 0. The zero-order valence-electron chi connectivity index (χ0n) is 15.0. The summed E-state index contributed by atoms with van der Waals surface area (Å²) in [4.78, 5) is 16.4. The van der Waals surface area contributed by atoms with Gasteiger partial charge in [0, 0.05) is 31.9 Å². The van der Waals surface area contributed by atoms with Crippen LogP contribution in [-0.2, 0) is 6.18 Å². The average molecular weight is 377 g/mol. The predicted octanol–water partition coefficient (Wildman–Crippen LogP) is 4.30. The molecule has 144 valence electrons. The molecule has 7 heteroatoms. The molecule has 3 rings (SSSR count). The average Bonchev–Trinajstić information content (AvgIpc) is 2.68. The normalized spacial score (nSPS) is 16.1. The second-order valence-electron chi connectivity index (χ2n) is 6.60. The first-order valence-electron chi connectivity index (χ1n) is 8.87. The first-order chi connectivity index (χ1) is 12.8. The number of urea groups is 1. The van der Waals surface area contributed by atoms with Crippen molar-refractivity contribution in [1.82, 2.24) is 10.2 Å². The van der Waals surface area contributed by atoms with E-state index in [0.717, 1.165) is 30.9 Å². The van der Waals surface area contributed by atoms with Crippen molar-refractivity contribution in [2.24, 2.45) is 0 Å². The Kier molecular flexibility index (Phi) is 5.58. The number of carbonyl (C=O) groups is 1. The summed E-state index contributed by atoms with van der Waals surface area (Å²) in [6.07, 6.45) is -4.40. The molecule has 1 N–H and O–H groups in total. The SMILES string of the molecule is CC(NC(=O)N1CCN(c2ccccc2)CC1)c1cccc(C(F)(F)F)c1. The zero-order valence-corrected chi connectivity index (χ0v) is 15.0. The number of nitrogens with one attached hydrogen (secondary N) is 1. The summed E-state index contributed by atoms with van der Waals surface area (Å²) < 4.78 is 38.6. The molecule has 2 amide bonds. The maximum atomic E-state index is 12.9. The van der Waals surface area contributed by atoms with Crippen LogP contribution in [0.15, 0.2) is 54.6 Å². The molecule has 1 fully saturated rings. The van der Waals surface area contributed by atoms with Gasteiger partial charge in [-0.3, -0.25) is 0 Å². The number of amides is 2. The van der Waals surface area contributed by atoms with Gasteiger partial charge in [0.15, 0.2) is 0 Å². The maximum absolute atomic E-state index is 12.9. The molecule has 0 radical (unpaired) electrons. The highest BCUT2D eigenvalue weighted by atomic mass is 19.4. The van der Waals surface area contributed by atoms with E-state index in [9.17, 15) is 18.0 Å². The van der Waals surface area contributed by atoms with Crippen LogP contribution in [0.2, 0.25) is 0 Å².